The number of amides is 2. The fourth-order valence-corrected chi connectivity index (χ4v) is 2.84. The van der Waals surface area contributed by atoms with Crippen molar-refractivity contribution in [1.82, 2.24) is 4.90 Å². The van der Waals surface area contributed by atoms with Gasteiger partial charge in [-0.25, -0.2) is 4.79 Å². The number of piperidine rings is 1. The topological polar surface area (TPSA) is 52.6 Å². The van der Waals surface area contributed by atoms with E-state index in [1.165, 1.54) is 23.1 Å². The van der Waals surface area contributed by atoms with Crippen molar-refractivity contribution < 1.29 is 23.1 Å². The molecular formula is C14H17F3N2O2S. The Morgan fingerprint density at radius 2 is 2.09 bits per heavy atom. The van der Waals surface area contributed by atoms with Gasteiger partial charge < -0.3 is 15.3 Å². The number of nitrogens with zero attached hydrogens (tertiary/aromatic N) is 1. The fraction of sp³-hybridized carbons (Fsp3) is 0.500. The number of anilines is 1. The molecule has 1 heterocycles. The zero-order valence-corrected chi connectivity index (χ0v) is 12.7. The summed E-state index contributed by atoms with van der Waals surface area (Å²) in [5.41, 5.74) is -4.31. The number of hydrogen-bond acceptors (Lipinski definition) is 3. The van der Waals surface area contributed by atoms with Crippen LogP contribution >= 0.6 is 11.8 Å². The molecule has 22 heavy (non-hydrogen) atoms. The van der Waals surface area contributed by atoms with Crippen molar-refractivity contribution >= 4 is 23.5 Å². The molecule has 2 rings (SSSR count). The van der Waals surface area contributed by atoms with E-state index in [1.807, 2.05) is 6.92 Å². The predicted molar refractivity (Wildman–Crippen MR) is 78.7 cm³/mol. The Balaban J connectivity index is 2.06. The summed E-state index contributed by atoms with van der Waals surface area (Å²) in [5.74, 6) is 0.108. The van der Waals surface area contributed by atoms with Crippen LogP contribution in [-0.2, 0) is 0 Å². The van der Waals surface area contributed by atoms with Crippen molar-refractivity contribution in [3.8, 4) is 0 Å². The Kier molecular flexibility index (Phi) is 5.23. The minimum absolute atomic E-state index is 0.0609. The number of thioether (sulfide) groups is 1. The fourth-order valence-electron chi connectivity index (χ4n) is 2.21. The number of para-hydroxylation sites is 1. The number of urea groups is 1. The average Bonchev–Trinajstić information content (AvgIpc) is 2.42. The maximum Gasteiger partial charge on any atom is 0.446 e. The maximum atomic E-state index is 12.5. The van der Waals surface area contributed by atoms with E-state index in [1.54, 1.807) is 6.07 Å². The highest BCUT2D eigenvalue weighted by Crippen LogP contribution is 2.40. The maximum absolute atomic E-state index is 12.5. The van der Waals surface area contributed by atoms with E-state index >= 15 is 0 Å². The largest absolute Gasteiger partial charge is 0.446 e. The van der Waals surface area contributed by atoms with Crippen LogP contribution < -0.4 is 5.32 Å². The monoisotopic (exact) mass is 334 g/mol. The molecule has 0 radical (unpaired) electrons. The lowest BCUT2D eigenvalue weighted by molar-refractivity contribution is -0.0328. The molecular weight excluding hydrogens is 317 g/mol. The van der Waals surface area contributed by atoms with E-state index in [2.05, 4.69) is 5.32 Å². The number of β-amino-alcohol motifs (C(OH)–C–C–N with tert-alkyl or cyclic N) is 1. The zero-order chi connectivity index (χ0) is 16.3. The van der Waals surface area contributed by atoms with Crippen molar-refractivity contribution in [3.05, 3.63) is 24.3 Å². The molecule has 2 unspecified atom stereocenters. The lowest BCUT2D eigenvalue weighted by atomic mass is 9.96. The van der Waals surface area contributed by atoms with Gasteiger partial charge in [0, 0.05) is 18.0 Å². The minimum Gasteiger partial charge on any atom is -0.391 e. The lowest BCUT2D eigenvalue weighted by Crippen LogP contribution is -2.47. The number of rotatable bonds is 2. The Morgan fingerprint density at radius 1 is 1.41 bits per heavy atom. The summed E-state index contributed by atoms with van der Waals surface area (Å²) in [4.78, 5) is 13.5. The van der Waals surface area contributed by atoms with Crippen LogP contribution in [0, 0.1) is 5.92 Å². The van der Waals surface area contributed by atoms with Gasteiger partial charge in [-0.2, -0.15) is 13.2 Å². The summed E-state index contributed by atoms with van der Waals surface area (Å²) < 4.78 is 37.5. The summed E-state index contributed by atoms with van der Waals surface area (Å²) in [7, 11) is 0. The van der Waals surface area contributed by atoms with Crippen LogP contribution in [0.2, 0.25) is 0 Å². The lowest BCUT2D eigenvalue weighted by Gasteiger charge is -2.34. The molecule has 1 fully saturated rings. The highest BCUT2D eigenvalue weighted by molar-refractivity contribution is 8.00. The van der Waals surface area contributed by atoms with Crippen molar-refractivity contribution in [2.45, 2.75) is 29.9 Å². The van der Waals surface area contributed by atoms with Gasteiger partial charge in [0.2, 0.25) is 0 Å². The number of aliphatic hydroxyl groups excluding tert-OH is 1. The molecule has 0 aliphatic carbocycles. The molecule has 4 nitrogen and oxygen atoms in total. The first-order valence-corrected chi connectivity index (χ1v) is 7.66. The van der Waals surface area contributed by atoms with E-state index in [4.69, 9.17) is 0 Å². The standard InChI is InChI=1S/C14H17F3N2O2S/c1-9-6-7-19(8-11(9)20)13(21)18-10-4-2-3-5-12(10)22-14(15,16)17/h2-5,9,11,20H,6-8H2,1H3,(H,18,21). The van der Waals surface area contributed by atoms with Crippen LogP contribution in [0.5, 0.6) is 0 Å². The molecule has 0 spiro atoms. The molecule has 1 saturated heterocycles. The van der Waals surface area contributed by atoms with Crippen LogP contribution in [0.15, 0.2) is 29.2 Å². The molecule has 122 valence electrons. The number of hydrogen-bond donors (Lipinski definition) is 2. The third-order valence-corrected chi connectivity index (χ3v) is 4.37. The zero-order valence-electron chi connectivity index (χ0n) is 11.9. The summed E-state index contributed by atoms with van der Waals surface area (Å²) in [5, 5.41) is 12.3. The Labute approximate surface area is 130 Å². The highest BCUT2D eigenvalue weighted by atomic mass is 32.2. The molecule has 0 saturated carbocycles. The van der Waals surface area contributed by atoms with Gasteiger partial charge in [0.25, 0.3) is 0 Å². The SMILES string of the molecule is CC1CCN(C(=O)Nc2ccccc2SC(F)(F)F)CC1O. The molecule has 1 aromatic carbocycles. The van der Waals surface area contributed by atoms with Crippen LogP contribution in [0.1, 0.15) is 13.3 Å². The van der Waals surface area contributed by atoms with Crippen LogP contribution in [0.3, 0.4) is 0 Å². The smallest absolute Gasteiger partial charge is 0.391 e. The third-order valence-electron chi connectivity index (χ3n) is 3.56. The van der Waals surface area contributed by atoms with E-state index in [9.17, 15) is 23.1 Å². The highest BCUT2D eigenvalue weighted by Gasteiger charge is 2.31. The first-order chi connectivity index (χ1) is 10.3. The number of carbonyl (C=O) groups is 1. The van der Waals surface area contributed by atoms with Gasteiger partial charge in [-0.1, -0.05) is 19.1 Å². The van der Waals surface area contributed by atoms with Crippen molar-refractivity contribution in [2.75, 3.05) is 18.4 Å². The van der Waals surface area contributed by atoms with E-state index in [0.29, 0.717) is 13.0 Å². The Morgan fingerprint density at radius 3 is 2.73 bits per heavy atom. The van der Waals surface area contributed by atoms with E-state index in [-0.39, 0.29) is 34.8 Å². The van der Waals surface area contributed by atoms with Gasteiger partial charge in [-0.05, 0) is 36.2 Å². The summed E-state index contributed by atoms with van der Waals surface area (Å²) in [6, 6.07) is 5.27. The first kappa shape index (κ1) is 17.0. The number of benzene rings is 1. The molecule has 2 atom stereocenters. The van der Waals surface area contributed by atoms with Crippen LogP contribution in [0.25, 0.3) is 0 Å². The summed E-state index contributed by atoms with van der Waals surface area (Å²) >= 11 is -0.266. The minimum atomic E-state index is -4.42. The molecule has 1 aliphatic heterocycles. The summed E-state index contributed by atoms with van der Waals surface area (Å²) in [6.07, 6.45) is 0.0485. The molecule has 8 heteroatoms. The van der Waals surface area contributed by atoms with Gasteiger partial charge in [0.15, 0.2) is 0 Å². The van der Waals surface area contributed by atoms with Crippen molar-refractivity contribution in [3.63, 3.8) is 0 Å². The van der Waals surface area contributed by atoms with Gasteiger partial charge in [0.1, 0.15) is 0 Å². The second-order valence-corrected chi connectivity index (χ2v) is 6.36. The first-order valence-electron chi connectivity index (χ1n) is 6.85. The molecule has 0 bridgehead atoms. The van der Waals surface area contributed by atoms with Crippen LogP contribution in [0.4, 0.5) is 23.7 Å². The Bertz CT molecular complexity index is 539. The Hall–Kier alpha value is -1.41. The van der Waals surface area contributed by atoms with E-state index < -0.39 is 17.6 Å². The molecule has 2 N–H and O–H groups in total. The number of likely N-dealkylation sites (tertiary alicyclic amines) is 1. The molecule has 1 aliphatic rings. The average molecular weight is 334 g/mol. The number of nitrogens with one attached hydrogen (secondary N) is 1. The second-order valence-electron chi connectivity index (χ2n) is 5.25. The number of halogens is 3. The van der Waals surface area contributed by atoms with Gasteiger partial charge in [-0.15, -0.1) is 0 Å². The van der Waals surface area contributed by atoms with Crippen molar-refractivity contribution in [2.24, 2.45) is 5.92 Å². The number of alkyl halides is 3. The van der Waals surface area contributed by atoms with Crippen molar-refractivity contribution in [1.29, 1.82) is 0 Å². The number of aliphatic hydroxyl groups is 1. The summed E-state index contributed by atoms with van der Waals surface area (Å²) in [6.45, 7) is 2.55. The van der Waals surface area contributed by atoms with Crippen LogP contribution in [-0.4, -0.2) is 40.7 Å². The van der Waals surface area contributed by atoms with Gasteiger partial charge in [-0.3, -0.25) is 0 Å². The molecule has 2 amide bonds. The van der Waals surface area contributed by atoms with E-state index in [0.717, 1.165) is 0 Å². The third kappa shape index (κ3) is 4.54. The number of carbonyl (C=O) groups excluding carboxylic acids is 1. The normalized spacial score (nSPS) is 22.5. The molecule has 0 aromatic heterocycles. The quantitative estimate of drug-likeness (QED) is 0.814. The predicted octanol–water partition coefficient (Wildman–Crippen LogP) is 3.53. The van der Waals surface area contributed by atoms with Gasteiger partial charge in [0.05, 0.1) is 11.8 Å². The van der Waals surface area contributed by atoms with Gasteiger partial charge >= 0.3 is 11.5 Å². The molecule has 1 aromatic rings. The second kappa shape index (κ2) is 6.78.